The number of sulfonamides is 1. The van der Waals surface area contributed by atoms with Crippen LogP contribution >= 0.6 is 0 Å². The molecule has 0 saturated carbocycles. The van der Waals surface area contributed by atoms with Gasteiger partial charge in [-0.1, -0.05) is 19.9 Å². The first-order chi connectivity index (χ1) is 13.4. The second kappa shape index (κ2) is 8.41. The van der Waals surface area contributed by atoms with Gasteiger partial charge in [0, 0.05) is 31.0 Å². The predicted octanol–water partition coefficient (Wildman–Crippen LogP) is 2.18. The predicted molar refractivity (Wildman–Crippen MR) is 106 cm³/mol. The van der Waals surface area contributed by atoms with E-state index < -0.39 is 21.6 Å². The van der Waals surface area contributed by atoms with E-state index in [0.717, 1.165) is 5.69 Å². The van der Waals surface area contributed by atoms with Gasteiger partial charge in [-0.15, -0.1) is 0 Å². The molecule has 3 aromatic heterocycles. The van der Waals surface area contributed by atoms with Gasteiger partial charge in [0.15, 0.2) is 5.78 Å². The maximum atomic E-state index is 12.5. The van der Waals surface area contributed by atoms with Crippen LogP contribution in [0.5, 0.6) is 0 Å². The minimum absolute atomic E-state index is 0.113. The quantitative estimate of drug-likeness (QED) is 0.539. The molecule has 0 aliphatic carbocycles. The second-order valence-corrected chi connectivity index (χ2v) is 8.03. The molecule has 0 bridgehead atoms. The summed E-state index contributed by atoms with van der Waals surface area (Å²) in [5, 5.41) is 4.29. The summed E-state index contributed by atoms with van der Waals surface area (Å²) < 4.78 is 27.6. The van der Waals surface area contributed by atoms with E-state index >= 15 is 0 Å². The topological polar surface area (TPSA) is 98.1 Å². The van der Waals surface area contributed by atoms with Crippen LogP contribution in [0.25, 0.3) is 16.9 Å². The number of carbonyl (C=O) groups is 1. The number of Topliss-reactive ketones (excluding diaryl/α,β-unsaturated/α-hetero) is 1. The lowest BCUT2D eigenvalue weighted by molar-refractivity contribution is 0.101. The summed E-state index contributed by atoms with van der Waals surface area (Å²) in [6.45, 7) is 4.13. The smallest absolute Gasteiger partial charge is 0.221 e. The Balaban J connectivity index is 1.83. The highest BCUT2D eigenvalue weighted by Crippen LogP contribution is 2.18. The monoisotopic (exact) mass is 399 g/mol. The van der Waals surface area contributed by atoms with E-state index in [1.807, 2.05) is 12.1 Å². The second-order valence-electron chi connectivity index (χ2n) is 6.06. The number of hydrogen-bond donors (Lipinski definition) is 0. The summed E-state index contributed by atoms with van der Waals surface area (Å²) in [5.41, 5.74) is 2.17. The fraction of sp³-hybridized carbons (Fsp3) is 0.263. The van der Waals surface area contributed by atoms with Gasteiger partial charge in [0.05, 0.1) is 23.8 Å². The molecule has 0 atom stereocenters. The van der Waals surface area contributed by atoms with Gasteiger partial charge in [-0.2, -0.15) is 5.10 Å². The maximum absolute atomic E-state index is 12.5. The third-order valence-corrected chi connectivity index (χ3v) is 6.17. The van der Waals surface area contributed by atoms with E-state index in [0.29, 0.717) is 24.3 Å². The normalized spacial score (nSPS) is 11.7. The Labute approximate surface area is 163 Å². The fourth-order valence-electron chi connectivity index (χ4n) is 2.78. The molecule has 0 saturated heterocycles. The van der Waals surface area contributed by atoms with Gasteiger partial charge in [-0.3, -0.25) is 9.78 Å². The number of pyridine rings is 2. The molecule has 9 heteroatoms. The number of ketones is 1. The third kappa shape index (κ3) is 4.32. The van der Waals surface area contributed by atoms with Crippen molar-refractivity contribution in [3.8, 4) is 16.9 Å². The first kappa shape index (κ1) is 19.8. The van der Waals surface area contributed by atoms with Crippen LogP contribution < -0.4 is 0 Å². The molecule has 0 N–H and O–H groups in total. The third-order valence-electron chi connectivity index (χ3n) is 4.24. The SMILES string of the molecule is CCN(CC)S(=O)(=O)CC(=O)c1cccc(-c2cnn(-c3cccnc3)c2)n1. The average Bonchev–Trinajstić information content (AvgIpc) is 3.19. The lowest BCUT2D eigenvalue weighted by atomic mass is 10.2. The molecule has 0 aromatic carbocycles. The molecule has 0 amide bonds. The van der Waals surface area contributed by atoms with Crippen LogP contribution in [0.2, 0.25) is 0 Å². The van der Waals surface area contributed by atoms with Crippen LogP contribution in [-0.2, 0) is 10.0 Å². The van der Waals surface area contributed by atoms with Crippen LogP contribution in [0.15, 0.2) is 55.1 Å². The summed E-state index contributed by atoms with van der Waals surface area (Å²) >= 11 is 0. The first-order valence-corrected chi connectivity index (χ1v) is 10.5. The van der Waals surface area contributed by atoms with Crippen molar-refractivity contribution in [2.24, 2.45) is 0 Å². The van der Waals surface area contributed by atoms with Crippen LogP contribution in [0.1, 0.15) is 24.3 Å². The molecule has 8 nitrogen and oxygen atoms in total. The van der Waals surface area contributed by atoms with Crippen LogP contribution in [0.4, 0.5) is 0 Å². The molecule has 0 unspecified atom stereocenters. The van der Waals surface area contributed by atoms with Gasteiger partial charge in [-0.25, -0.2) is 22.4 Å². The molecule has 0 spiro atoms. The van der Waals surface area contributed by atoms with Crippen molar-refractivity contribution in [3.05, 3.63) is 60.8 Å². The molecule has 3 aromatic rings. The number of hydrogen-bond acceptors (Lipinski definition) is 6. The van der Waals surface area contributed by atoms with E-state index in [4.69, 9.17) is 0 Å². The lowest BCUT2D eigenvalue weighted by Crippen LogP contribution is -2.35. The van der Waals surface area contributed by atoms with Gasteiger partial charge < -0.3 is 0 Å². The minimum atomic E-state index is -3.66. The van der Waals surface area contributed by atoms with Crippen molar-refractivity contribution >= 4 is 15.8 Å². The molecular weight excluding hydrogens is 378 g/mol. The highest BCUT2D eigenvalue weighted by Gasteiger charge is 2.24. The summed E-state index contributed by atoms with van der Waals surface area (Å²) in [6, 6.07) is 8.64. The van der Waals surface area contributed by atoms with Gasteiger partial charge in [0.1, 0.15) is 11.4 Å². The summed E-state index contributed by atoms with van der Waals surface area (Å²) in [6.07, 6.45) is 6.77. The Morgan fingerprint density at radius 2 is 1.89 bits per heavy atom. The van der Waals surface area contributed by atoms with E-state index in [2.05, 4.69) is 15.1 Å². The van der Waals surface area contributed by atoms with Gasteiger partial charge in [-0.05, 0) is 24.3 Å². The molecule has 0 aliphatic heterocycles. The summed E-state index contributed by atoms with van der Waals surface area (Å²) in [4.78, 5) is 20.9. The number of nitrogens with zero attached hydrogens (tertiary/aromatic N) is 5. The van der Waals surface area contributed by atoms with Crippen LogP contribution in [0, 0.1) is 0 Å². The Morgan fingerprint density at radius 3 is 2.57 bits per heavy atom. The van der Waals surface area contributed by atoms with Crippen molar-refractivity contribution in [2.45, 2.75) is 13.8 Å². The molecular formula is C19H21N5O3S. The fourth-order valence-corrected chi connectivity index (χ4v) is 4.23. The first-order valence-electron chi connectivity index (χ1n) is 8.88. The Morgan fingerprint density at radius 1 is 1.11 bits per heavy atom. The van der Waals surface area contributed by atoms with E-state index in [9.17, 15) is 13.2 Å². The van der Waals surface area contributed by atoms with Crippen LogP contribution in [-0.4, -0.2) is 57.1 Å². The highest BCUT2D eigenvalue weighted by atomic mass is 32.2. The minimum Gasteiger partial charge on any atom is -0.291 e. The molecule has 0 radical (unpaired) electrons. The summed E-state index contributed by atoms with van der Waals surface area (Å²) in [7, 11) is -3.66. The van der Waals surface area contributed by atoms with Crippen molar-refractivity contribution in [2.75, 3.05) is 18.8 Å². The Bertz CT molecular complexity index is 1060. The van der Waals surface area contributed by atoms with Crippen molar-refractivity contribution in [1.82, 2.24) is 24.1 Å². The van der Waals surface area contributed by atoms with Crippen molar-refractivity contribution in [1.29, 1.82) is 0 Å². The standard InChI is InChI=1S/C19H21N5O3S/c1-3-23(4-2)28(26,27)14-19(25)18-9-5-8-17(22-18)15-11-21-24(13-15)16-7-6-10-20-12-16/h5-13H,3-4,14H2,1-2H3. The molecule has 3 rings (SSSR count). The van der Waals surface area contributed by atoms with E-state index in [1.54, 1.807) is 55.4 Å². The molecule has 28 heavy (non-hydrogen) atoms. The maximum Gasteiger partial charge on any atom is 0.221 e. The summed E-state index contributed by atoms with van der Waals surface area (Å²) in [5.74, 6) is -1.13. The molecule has 3 heterocycles. The van der Waals surface area contributed by atoms with Crippen LogP contribution in [0.3, 0.4) is 0 Å². The zero-order valence-corrected chi connectivity index (χ0v) is 16.5. The largest absolute Gasteiger partial charge is 0.291 e. The van der Waals surface area contributed by atoms with Gasteiger partial charge in [0.2, 0.25) is 10.0 Å². The van der Waals surface area contributed by atoms with Crippen molar-refractivity contribution in [3.63, 3.8) is 0 Å². The van der Waals surface area contributed by atoms with Gasteiger partial charge >= 0.3 is 0 Å². The molecule has 146 valence electrons. The van der Waals surface area contributed by atoms with E-state index in [-0.39, 0.29) is 5.69 Å². The molecule has 0 fully saturated rings. The van der Waals surface area contributed by atoms with E-state index in [1.165, 1.54) is 10.4 Å². The van der Waals surface area contributed by atoms with Crippen molar-refractivity contribution < 1.29 is 13.2 Å². The number of carbonyl (C=O) groups excluding carboxylic acids is 1. The lowest BCUT2D eigenvalue weighted by Gasteiger charge is -2.17. The number of aromatic nitrogens is 4. The number of rotatable bonds is 8. The Hall–Kier alpha value is -2.91. The zero-order chi connectivity index (χ0) is 20.1. The average molecular weight is 399 g/mol. The highest BCUT2D eigenvalue weighted by molar-refractivity contribution is 7.89. The molecule has 0 aliphatic rings. The Kier molecular flexibility index (Phi) is 5.96. The zero-order valence-electron chi connectivity index (χ0n) is 15.7. The van der Waals surface area contributed by atoms with Gasteiger partial charge in [0.25, 0.3) is 0 Å².